The number of carbonyl (C=O) groups excluding carboxylic acids is 1. The predicted octanol–water partition coefficient (Wildman–Crippen LogP) is 2.02. The number of para-hydroxylation sites is 1. The topological polar surface area (TPSA) is 54.8 Å². The molecule has 0 bridgehead atoms. The van der Waals surface area contributed by atoms with Gasteiger partial charge in [-0.15, -0.1) is 0 Å². The van der Waals surface area contributed by atoms with Gasteiger partial charge in [-0.3, -0.25) is 4.98 Å². The van der Waals surface area contributed by atoms with Gasteiger partial charge >= 0.3 is 6.09 Å². The Hall–Kier alpha value is -2.43. The van der Waals surface area contributed by atoms with Crippen LogP contribution < -0.4 is 0 Å². The quantitative estimate of drug-likeness (QED) is 0.756. The molecular weight excluding hydrogens is 230 g/mol. The lowest BCUT2D eigenvalue weighted by molar-refractivity contribution is 0.159. The Balaban J connectivity index is 1.95. The second-order valence-electron chi connectivity index (χ2n) is 3.90. The predicted molar refractivity (Wildman–Crippen MR) is 67.4 cm³/mol. The number of cyclic esters (lactones) is 1. The van der Waals surface area contributed by atoms with Gasteiger partial charge in [0.05, 0.1) is 18.3 Å². The van der Waals surface area contributed by atoms with Crippen LogP contribution in [-0.4, -0.2) is 35.5 Å². The minimum Gasteiger partial charge on any atom is -0.446 e. The summed E-state index contributed by atoms with van der Waals surface area (Å²) in [5, 5.41) is 6.46. The van der Waals surface area contributed by atoms with E-state index in [0.717, 1.165) is 16.5 Å². The van der Waals surface area contributed by atoms with Crippen molar-refractivity contribution in [2.45, 2.75) is 0 Å². The van der Waals surface area contributed by atoms with Crippen LogP contribution in [0.3, 0.4) is 0 Å². The molecule has 0 radical (unpaired) electrons. The van der Waals surface area contributed by atoms with Gasteiger partial charge in [-0.25, -0.2) is 4.79 Å². The summed E-state index contributed by atoms with van der Waals surface area (Å²) in [5.41, 5.74) is 1.84. The zero-order valence-electron chi connectivity index (χ0n) is 9.61. The van der Waals surface area contributed by atoms with Gasteiger partial charge in [0.15, 0.2) is 0 Å². The molecule has 1 aliphatic heterocycles. The van der Waals surface area contributed by atoms with Gasteiger partial charge in [0, 0.05) is 17.1 Å². The normalized spacial score (nSPS) is 15.6. The van der Waals surface area contributed by atoms with Crippen LogP contribution in [0.5, 0.6) is 0 Å². The van der Waals surface area contributed by atoms with Crippen molar-refractivity contribution in [1.29, 1.82) is 0 Å². The zero-order valence-corrected chi connectivity index (χ0v) is 9.61. The maximum absolute atomic E-state index is 11.2. The first kappa shape index (κ1) is 10.7. The highest BCUT2D eigenvalue weighted by Crippen LogP contribution is 2.14. The van der Waals surface area contributed by atoms with Crippen molar-refractivity contribution in [3.05, 3.63) is 42.1 Å². The van der Waals surface area contributed by atoms with E-state index >= 15 is 0 Å². The number of hydrazone groups is 1. The van der Waals surface area contributed by atoms with Crippen LogP contribution in [0.25, 0.3) is 10.9 Å². The van der Waals surface area contributed by atoms with Gasteiger partial charge in [-0.1, -0.05) is 18.2 Å². The molecule has 90 valence electrons. The lowest BCUT2D eigenvalue weighted by atomic mass is 10.1. The number of nitrogens with zero attached hydrogens (tertiary/aromatic N) is 3. The molecule has 3 rings (SSSR count). The Kier molecular flexibility index (Phi) is 2.64. The molecule has 0 atom stereocenters. The van der Waals surface area contributed by atoms with Crippen LogP contribution in [0.1, 0.15) is 5.56 Å². The van der Waals surface area contributed by atoms with Gasteiger partial charge in [0.25, 0.3) is 0 Å². The second-order valence-corrected chi connectivity index (χ2v) is 3.90. The van der Waals surface area contributed by atoms with Crippen molar-refractivity contribution in [2.75, 3.05) is 13.2 Å². The summed E-state index contributed by atoms with van der Waals surface area (Å²) in [6.07, 6.45) is 2.99. The number of hydrogen-bond acceptors (Lipinski definition) is 4. The van der Waals surface area contributed by atoms with Gasteiger partial charge in [-0.05, 0) is 12.1 Å². The van der Waals surface area contributed by atoms with Crippen LogP contribution in [0.2, 0.25) is 0 Å². The van der Waals surface area contributed by atoms with E-state index in [1.54, 1.807) is 12.4 Å². The number of pyridine rings is 1. The van der Waals surface area contributed by atoms with Gasteiger partial charge in [0.2, 0.25) is 0 Å². The summed E-state index contributed by atoms with van der Waals surface area (Å²) in [5.74, 6) is 0. The molecule has 2 aromatic rings. The molecule has 5 nitrogen and oxygen atoms in total. The first-order valence-corrected chi connectivity index (χ1v) is 5.66. The van der Waals surface area contributed by atoms with Crippen LogP contribution in [0.4, 0.5) is 4.79 Å². The lowest BCUT2D eigenvalue weighted by Crippen LogP contribution is -2.17. The average molecular weight is 241 g/mol. The molecule has 18 heavy (non-hydrogen) atoms. The van der Waals surface area contributed by atoms with Crippen LogP contribution in [-0.2, 0) is 4.74 Å². The van der Waals surface area contributed by atoms with Crippen molar-refractivity contribution in [2.24, 2.45) is 5.10 Å². The van der Waals surface area contributed by atoms with Crippen LogP contribution in [0.15, 0.2) is 41.6 Å². The van der Waals surface area contributed by atoms with Crippen molar-refractivity contribution in [3.63, 3.8) is 0 Å². The molecule has 0 saturated carbocycles. The van der Waals surface area contributed by atoms with Crippen molar-refractivity contribution >= 4 is 23.2 Å². The Morgan fingerprint density at radius 2 is 2.22 bits per heavy atom. The Morgan fingerprint density at radius 1 is 1.33 bits per heavy atom. The summed E-state index contributed by atoms with van der Waals surface area (Å²) in [7, 11) is 0. The molecule has 1 aromatic carbocycles. The SMILES string of the molecule is O=C1OCCN1/N=C/c1ccnc2ccccc12. The van der Waals surface area contributed by atoms with E-state index in [-0.39, 0.29) is 0 Å². The fraction of sp³-hybridized carbons (Fsp3) is 0.154. The monoisotopic (exact) mass is 241 g/mol. The van der Waals surface area contributed by atoms with Crippen LogP contribution >= 0.6 is 0 Å². The fourth-order valence-corrected chi connectivity index (χ4v) is 1.85. The first-order valence-electron chi connectivity index (χ1n) is 5.66. The number of fused-ring (bicyclic) bond motifs is 1. The van der Waals surface area contributed by atoms with Crippen molar-refractivity contribution < 1.29 is 9.53 Å². The van der Waals surface area contributed by atoms with E-state index in [1.807, 2.05) is 30.3 Å². The van der Waals surface area contributed by atoms with E-state index in [9.17, 15) is 4.79 Å². The van der Waals surface area contributed by atoms with Gasteiger partial charge in [0.1, 0.15) is 6.61 Å². The van der Waals surface area contributed by atoms with E-state index in [0.29, 0.717) is 13.2 Å². The van der Waals surface area contributed by atoms with E-state index in [1.165, 1.54) is 5.01 Å². The third-order valence-corrected chi connectivity index (χ3v) is 2.76. The summed E-state index contributed by atoms with van der Waals surface area (Å²) >= 11 is 0. The lowest BCUT2D eigenvalue weighted by Gasteiger charge is -2.04. The minimum atomic E-state index is -0.399. The van der Waals surface area contributed by atoms with E-state index in [2.05, 4.69) is 10.1 Å². The number of hydrogen-bond donors (Lipinski definition) is 0. The van der Waals surface area contributed by atoms with Gasteiger partial charge in [-0.2, -0.15) is 10.1 Å². The number of ether oxygens (including phenoxy) is 1. The summed E-state index contributed by atoms with van der Waals surface area (Å²) in [4.78, 5) is 15.5. The third kappa shape index (κ3) is 1.90. The molecular formula is C13H11N3O2. The number of aromatic nitrogens is 1. The Morgan fingerprint density at radius 3 is 3.06 bits per heavy atom. The Labute approximate surface area is 104 Å². The highest BCUT2D eigenvalue weighted by molar-refractivity contribution is 5.98. The highest BCUT2D eigenvalue weighted by atomic mass is 16.6. The van der Waals surface area contributed by atoms with Crippen molar-refractivity contribution in [1.82, 2.24) is 9.99 Å². The fourth-order valence-electron chi connectivity index (χ4n) is 1.85. The van der Waals surface area contributed by atoms with E-state index in [4.69, 9.17) is 4.74 Å². The molecule has 5 heteroatoms. The molecule has 2 heterocycles. The number of carbonyl (C=O) groups is 1. The standard InChI is InChI=1S/C13H11N3O2/c17-13-16(7-8-18-13)15-9-10-5-6-14-12-4-2-1-3-11(10)12/h1-6,9H,7-8H2/b15-9+. The highest BCUT2D eigenvalue weighted by Gasteiger charge is 2.20. The zero-order chi connectivity index (χ0) is 12.4. The maximum atomic E-state index is 11.2. The molecule has 0 unspecified atom stereocenters. The largest absolute Gasteiger partial charge is 0.446 e. The number of rotatable bonds is 2. The summed E-state index contributed by atoms with van der Waals surface area (Å²) in [6, 6.07) is 9.68. The number of benzene rings is 1. The maximum Gasteiger partial charge on any atom is 0.430 e. The molecule has 1 fully saturated rings. The van der Waals surface area contributed by atoms with Gasteiger partial charge < -0.3 is 4.74 Å². The molecule has 1 aromatic heterocycles. The van der Waals surface area contributed by atoms with Crippen molar-refractivity contribution in [3.8, 4) is 0 Å². The minimum absolute atomic E-state index is 0.396. The van der Waals surface area contributed by atoms with Crippen LogP contribution in [0, 0.1) is 0 Å². The smallest absolute Gasteiger partial charge is 0.430 e. The summed E-state index contributed by atoms with van der Waals surface area (Å²) < 4.78 is 4.80. The molecule has 0 N–H and O–H groups in total. The first-order chi connectivity index (χ1) is 8.84. The number of amides is 1. The third-order valence-electron chi connectivity index (χ3n) is 2.76. The summed E-state index contributed by atoms with van der Waals surface area (Å²) in [6.45, 7) is 0.894. The average Bonchev–Trinajstić information content (AvgIpc) is 2.82. The molecule has 0 aliphatic carbocycles. The molecule has 0 spiro atoms. The molecule has 1 amide bonds. The Bertz CT molecular complexity index is 619. The van der Waals surface area contributed by atoms with E-state index < -0.39 is 6.09 Å². The second kappa shape index (κ2) is 4.44. The molecule has 1 saturated heterocycles. The molecule has 1 aliphatic rings.